The fourth-order valence-corrected chi connectivity index (χ4v) is 3.05. The van der Waals surface area contributed by atoms with E-state index in [1.807, 2.05) is 6.07 Å². The maximum atomic E-state index is 13.6. The van der Waals surface area contributed by atoms with E-state index in [-0.39, 0.29) is 11.9 Å². The number of hydrogen-bond donors (Lipinski definition) is 1. The van der Waals surface area contributed by atoms with Gasteiger partial charge in [-0.3, -0.25) is 0 Å². The summed E-state index contributed by atoms with van der Waals surface area (Å²) in [6.07, 6.45) is 4.07. The van der Waals surface area contributed by atoms with Crippen LogP contribution < -0.4 is 10.6 Å². The van der Waals surface area contributed by atoms with E-state index in [4.69, 9.17) is 5.73 Å². The van der Waals surface area contributed by atoms with Crippen LogP contribution in [0.4, 0.5) is 10.1 Å². The number of nitrogens with zero attached hydrogens (tertiary/aromatic N) is 2. The quantitative estimate of drug-likeness (QED) is 0.906. The molecule has 4 heteroatoms. The van der Waals surface area contributed by atoms with Crippen LogP contribution in [0.3, 0.4) is 0 Å². The van der Waals surface area contributed by atoms with E-state index in [1.165, 1.54) is 12.8 Å². The molecule has 2 N–H and O–H groups in total. The SMILES string of the molecule is CCC(N)Cc1cc(F)ccc1N1CCCC(N(C)C)C1. The van der Waals surface area contributed by atoms with Crippen LogP contribution >= 0.6 is 0 Å². The molecule has 0 saturated carbocycles. The largest absolute Gasteiger partial charge is 0.370 e. The number of halogens is 1. The molecule has 1 heterocycles. The van der Waals surface area contributed by atoms with Gasteiger partial charge >= 0.3 is 0 Å². The Balaban J connectivity index is 2.21. The summed E-state index contributed by atoms with van der Waals surface area (Å²) in [7, 11) is 4.26. The van der Waals surface area contributed by atoms with Crippen LogP contribution in [0.15, 0.2) is 18.2 Å². The lowest BCUT2D eigenvalue weighted by Gasteiger charge is -2.38. The molecule has 2 unspecified atom stereocenters. The summed E-state index contributed by atoms with van der Waals surface area (Å²) in [5.74, 6) is -0.168. The third-order valence-corrected chi connectivity index (χ3v) is 4.52. The highest BCUT2D eigenvalue weighted by molar-refractivity contribution is 5.54. The zero-order chi connectivity index (χ0) is 15.4. The molecule has 0 aromatic heterocycles. The molecule has 1 fully saturated rings. The summed E-state index contributed by atoms with van der Waals surface area (Å²) >= 11 is 0. The minimum Gasteiger partial charge on any atom is -0.370 e. The highest BCUT2D eigenvalue weighted by Gasteiger charge is 2.23. The maximum Gasteiger partial charge on any atom is 0.123 e. The van der Waals surface area contributed by atoms with Crippen molar-refractivity contribution in [3.8, 4) is 0 Å². The summed E-state index contributed by atoms with van der Waals surface area (Å²) in [5, 5.41) is 0. The van der Waals surface area contributed by atoms with E-state index in [9.17, 15) is 4.39 Å². The van der Waals surface area contributed by atoms with Gasteiger partial charge in [-0.2, -0.15) is 0 Å². The van der Waals surface area contributed by atoms with Gasteiger partial charge in [-0.05, 0) is 63.5 Å². The van der Waals surface area contributed by atoms with Gasteiger partial charge in [0.15, 0.2) is 0 Å². The highest BCUT2D eigenvalue weighted by atomic mass is 19.1. The van der Waals surface area contributed by atoms with Crippen molar-refractivity contribution in [3.63, 3.8) is 0 Å². The Morgan fingerprint density at radius 1 is 1.43 bits per heavy atom. The average molecular weight is 293 g/mol. The van der Waals surface area contributed by atoms with Gasteiger partial charge in [0.1, 0.15) is 5.82 Å². The Morgan fingerprint density at radius 2 is 2.19 bits per heavy atom. The van der Waals surface area contributed by atoms with Gasteiger partial charge in [-0.25, -0.2) is 4.39 Å². The fraction of sp³-hybridized carbons (Fsp3) is 0.647. The monoisotopic (exact) mass is 293 g/mol. The average Bonchev–Trinajstić information content (AvgIpc) is 2.47. The number of piperidine rings is 1. The zero-order valence-corrected chi connectivity index (χ0v) is 13.5. The van der Waals surface area contributed by atoms with Crippen molar-refractivity contribution in [1.82, 2.24) is 4.90 Å². The lowest BCUT2D eigenvalue weighted by atomic mass is 9.99. The van der Waals surface area contributed by atoms with Gasteiger partial charge < -0.3 is 15.5 Å². The Labute approximate surface area is 127 Å². The Kier molecular flexibility index (Phi) is 5.59. The third-order valence-electron chi connectivity index (χ3n) is 4.52. The maximum absolute atomic E-state index is 13.6. The van der Waals surface area contributed by atoms with Crippen LogP contribution in [-0.4, -0.2) is 44.2 Å². The van der Waals surface area contributed by atoms with Crippen LogP contribution in [0.1, 0.15) is 31.7 Å². The molecule has 2 rings (SSSR count). The van der Waals surface area contributed by atoms with Gasteiger partial charge in [0, 0.05) is 30.9 Å². The van der Waals surface area contributed by atoms with Crippen LogP contribution in [-0.2, 0) is 6.42 Å². The Hall–Kier alpha value is -1.13. The van der Waals surface area contributed by atoms with E-state index in [0.29, 0.717) is 6.04 Å². The van der Waals surface area contributed by atoms with Crippen LogP contribution in [0.2, 0.25) is 0 Å². The standard InChI is InChI=1S/C17H28FN3/c1-4-15(19)11-13-10-14(18)7-8-17(13)21-9-5-6-16(12-21)20(2)3/h7-8,10,15-16H,4-6,9,11-12,19H2,1-3H3. The van der Waals surface area contributed by atoms with E-state index in [0.717, 1.165) is 37.2 Å². The number of anilines is 1. The minimum atomic E-state index is -0.168. The van der Waals surface area contributed by atoms with Gasteiger partial charge in [-0.15, -0.1) is 0 Å². The number of likely N-dealkylation sites (N-methyl/N-ethyl adjacent to an activating group) is 1. The molecule has 0 bridgehead atoms. The van der Waals surface area contributed by atoms with Crippen molar-refractivity contribution in [2.24, 2.45) is 5.73 Å². The first-order chi connectivity index (χ1) is 10.0. The van der Waals surface area contributed by atoms with Gasteiger partial charge in [0.05, 0.1) is 0 Å². The van der Waals surface area contributed by atoms with Crippen molar-refractivity contribution in [2.75, 3.05) is 32.1 Å². The van der Waals surface area contributed by atoms with E-state index < -0.39 is 0 Å². The van der Waals surface area contributed by atoms with Crippen LogP contribution in [0, 0.1) is 5.82 Å². The molecular weight excluding hydrogens is 265 g/mol. The lowest BCUT2D eigenvalue weighted by Crippen LogP contribution is -2.45. The summed E-state index contributed by atoms with van der Waals surface area (Å²) in [6.45, 7) is 4.13. The molecule has 1 aliphatic rings. The van der Waals surface area contributed by atoms with E-state index in [1.54, 1.807) is 12.1 Å². The van der Waals surface area contributed by atoms with Gasteiger partial charge in [-0.1, -0.05) is 6.92 Å². The van der Waals surface area contributed by atoms with Crippen LogP contribution in [0.25, 0.3) is 0 Å². The van der Waals surface area contributed by atoms with E-state index in [2.05, 4.69) is 30.8 Å². The van der Waals surface area contributed by atoms with Gasteiger partial charge in [0.2, 0.25) is 0 Å². The highest BCUT2D eigenvalue weighted by Crippen LogP contribution is 2.27. The van der Waals surface area contributed by atoms with Crippen molar-refractivity contribution in [2.45, 2.75) is 44.7 Å². The van der Waals surface area contributed by atoms with Crippen molar-refractivity contribution >= 4 is 5.69 Å². The summed E-state index contributed by atoms with van der Waals surface area (Å²) < 4.78 is 13.6. The molecule has 1 saturated heterocycles. The third kappa shape index (κ3) is 4.17. The molecule has 118 valence electrons. The molecule has 1 aromatic rings. The smallest absolute Gasteiger partial charge is 0.123 e. The van der Waals surface area contributed by atoms with Crippen LogP contribution in [0.5, 0.6) is 0 Å². The summed E-state index contributed by atoms with van der Waals surface area (Å²) in [4.78, 5) is 4.68. The summed E-state index contributed by atoms with van der Waals surface area (Å²) in [5.41, 5.74) is 8.28. The predicted octanol–water partition coefficient (Wildman–Crippen LogP) is 2.64. The number of nitrogens with two attached hydrogens (primary N) is 1. The zero-order valence-electron chi connectivity index (χ0n) is 13.5. The van der Waals surface area contributed by atoms with Crippen molar-refractivity contribution < 1.29 is 4.39 Å². The predicted molar refractivity (Wildman–Crippen MR) is 87.3 cm³/mol. The molecule has 2 atom stereocenters. The number of rotatable bonds is 5. The second kappa shape index (κ2) is 7.23. The van der Waals surface area contributed by atoms with Gasteiger partial charge in [0.25, 0.3) is 0 Å². The summed E-state index contributed by atoms with van der Waals surface area (Å²) in [6, 6.07) is 5.81. The second-order valence-electron chi connectivity index (χ2n) is 6.35. The normalized spacial score (nSPS) is 20.9. The Morgan fingerprint density at radius 3 is 2.86 bits per heavy atom. The molecule has 0 amide bonds. The molecule has 0 radical (unpaired) electrons. The first-order valence-corrected chi connectivity index (χ1v) is 7.96. The molecule has 3 nitrogen and oxygen atoms in total. The van der Waals surface area contributed by atoms with Crippen molar-refractivity contribution in [3.05, 3.63) is 29.6 Å². The molecule has 0 spiro atoms. The second-order valence-corrected chi connectivity index (χ2v) is 6.35. The lowest BCUT2D eigenvalue weighted by molar-refractivity contribution is 0.258. The molecule has 1 aromatic carbocycles. The fourth-order valence-electron chi connectivity index (χ4n) is 3.05. The number of hydrogen-bond acceptors (Lipinski definition) is 3. The number of benzene rings is 1. The first-order valence-electron chi connectivity index (χ1n) is 7.96. The molecule has 1 aliphatic heterocycles. The Bertz CT molecular complexity index is 461. The first kappa shape index (κ1) is 16.2. The molecule has 21 heavy (non-hydrogen) atoms. The molecular formula is C17H28FN3. The molecule has 0 aliphatic carbocycles. The van der Waals surface area contributed by atoms with Crippen molar-refractivity contribution in [1.29, 1.82) is 0 Å². The van der Waals surface area contributed by atoms with E-state index >= 15 is 0 Å². The topological polar surface area (TPSA) is 32.5 Å². The minimum absolute atomic E-state index is 0.0972.